The van der Waals surface area contributed by atoms with Crippen molar-refractivity contribution in [3.63, 3.8) is 0 Å². The Labute approximate surface area is 180 Å². The molecule has 3 fully saturated rings. The van der Waals surface area contributed by atoms with Crippen LogP contribution in [0.3, 0.4) is 0 Å². The van der Waals surface area contributed by atoms with Gasteiger partial charge in [-0.15, -0.1) is 0 Å². The van der Waals surface area contributed by atoms with Crippen LogP contribution in [0.5, 0.6) is 0 Å². The molecule has 2 saturated carbocycles. The lowest BCUT2D eigenvalue weighted by atomic mass is 9.68. The molecule has 1 aromatic carbocycles. The van der Waals surface area contributed by atoms with Gasteiger partial charge in [0.2, 0.25) is 0 Å². The fraction of sp³-hybridized carbons (Fsp3) is 0.692. The van der Waals surface area contributed by atoms with Crippen molar-refractivity contribution in [2.75, 3.05) is 19.9 Å². The molecule has 2 nitrogen and oxygen atoms in total. The van der Waals surface area contributed by atoms with Gasteiger partial charge in [-0.05, 0) is 93.6 Å². The maximum Gasteiger partial charge on any atom is 0.183 e. The molecule has 0 spiro atoms. The number of benzene rings is 1. The van der Waals surface area contributed by atoms with Crippen molar-refractivity contribution < 1.29 is 18.3 Å². The summed E-state index contributed by atoms with van der Waals surface area (Å²) in [4.78, 5) is 0. The van der Waals surface area contributed by atoms with Crippen molar-refractivity contribution in [1.82, 2.24) is 0 Å². The molecule has 166 valence electrons. The van der Waals surface area contributed by atoms with E-state index in [0.29, 0.717) is 25.0 Å². The molecule has 30 heavy (non-hydrogen) atoms. The van der Waals surface area contributed by atoms with E-state index in [1.165, 1.54) is 25.7 Å². The molecule has 1 aliphatic heterocycles. The number of hydrogen-bond acceptors (Lipinski definition) is 2. The number of rotatable bonds is 5. The quantitative estimate of drug-likeness (QED) is 0.474. The zero-order chi connectivity index (χ0) is 20.9. The Kier molecular flexibility index (Phi) is 7.59. The summed E-state index contributed by atoms with van der Waals surface area (Å²) in [6.45, 7) is 3.05. The molecule has 0 bridgehead atoms. The summed E-state index contributed by atoms with van der Waals surface area (Å²) in [6, 6.07) is 5.54. The molecular weight excluding hydrogens is 382 g/mol. The Hall–Kier alpha value is -1.26. The molecule has 0 radical (unpaired) electrons. The van der Waals surface area contributed by atoms with Crippen LogP contribution in [0.4, 0.5) is 8.78 Å². The minimum absolute atomic E-state index is 0.123. The molecule has 0 amide bonds. The Bertz CT molecular complexity index is 695. The normalized spacial score (nSPS) is 35.6. The van der Waals surface area contributed by atoms with Crippen molar-refractivity contribution in [1.29, 1.82) is 0 Å². The molecule has 1 heterocycles. The third-order valence-electron chi connectivity index (χ3n) is 7.67. The first-order chi connectivity index (χ1) is 14.7. The molecule has 0 aromatic heterocycles. The highest BCUT2D eigenvalue weighted by Gasteiger charge is 2.32. The van der Waals surface area contributed by atoms with E-state index in [4.69, 9.17) is 9.47 Å². The highest BCUT2D eigenvalue weighted by atomic mass is 19.1. The molecule has 1 aromatic rings. The molecule has 0 N–H and O–H groups in total. The van der Waals surface area contributed by atoms with Crippen molar-refractivity contribution >= 4 is 0 Å². The summed E-state index contributed by atoms with van der Waals surface area (Å²) in [5.41, 5.74) is 1.62. The third kappa shape index (κ3) is 5.13. The summed E-state index contributed by atoms with van der Waals surface area (Å²) in [6.07, 6.45) is 12.6. The van der Waals surface area contributed by atoms with Crippen LogP contribution in [0, 0.1) is 29.5 Å². The fourth-order valence-electron chi connectivity index (χ4n) is 5.83. The number of halogens is 2. The Morgan fingerprint density at radius 2 is 1.57 bits per heavy atom. The van der Waals surface area contributed by atoms with Crippen LogP contribution in [0.1, 0.15) is 81.6 Å². The number of ether oxygens (including phenoxy) is 2. The maximum absolute atomic E-state index is 15.0. The second kappa shape index (κ2) is 10.4. The van der Waals surface area contributed by atoms with Crippen molar-refractivity contribution in [2.45, 2.75) is 70.5 Å². The zero-order valence-electron chi connectivity index (χ0n) is 18.2. The molecular formula is C26H36F2O2. The average molecular weight is 419 g/mol. The molecule has 0 atom stereocenters. The van der Waals surface area contributed by atoms with Crippen molar-refractivity contribution in [3.8, 4) is 0 Å². The van der Waals surface area contributed by atoms with Gasteiger partial charge in [0.25, 0.3) is 0 Å². The van der Waals surface area contributed by atoms with Gasteiger partial charge >= 0.3 is 0 Å². The minimum atomic E-state index is -0.467. The van der Waals surface area contributed by atoms with Crippen molar-refractivity contribution in [2.24, 2.45) is 23.7 Å². The van der Waals surface area contributed by atoms with Crippen LogP contribution in [0.2, 0.25) is 0 Å². The Morgan fingerprint density at radius 1 is 0.933 bits per heavy atom. The van der Waals surface area contributed by atoms with E-state index in [-0.39, 0.29) is 18.4 Å². The molecule has 4 heteroatoms. The van der Waals surface area contributed by atoms with E-state index >= 15 is 0 Å². The predicted octanol–water partition coefficient (Wildman–Crippen LogP) is 7.11. The first kappa shape index (κ1) is 22.0. The van der Waals surface area contributed by atoms with Crippen LogP contribution in [0.25, 0.3) is 0 Å². The van der Waals surface area contributed by atoms with E-state index in [0.717, 1.165) is 48.6 Å². The topological polar surface area (TPSA) is 18.5 Å². The first-order valence-electron chi connectivity index (χ1n) is 11.9. The lowest BCUT2D eigenvalue weighted by molar-refractivity contribution is -0.197. The van der Waals surface area contributed by atoms with E-state index < -0.39 is 6.29 Å². The monoisotopic (exact) mass is 418 g/mol. The van der Waals surface area contributed by atoms with Gasteiger partial charge in [0, 0.05) is 11.5 Å². The molecule has 2 aliphatic carbocycles. The lowest BCUT2D eigenvalue weighted by Crippen LogP contribution is -2.26. The van der Waals surface area contributed by atoms with Crippen LogP contribution in [0.15, 0.2) is 30.4 Å². The summed E-state index contributed by atoms with van der Waals surface area (Å²) >= 11 is 0. The average Bonchev–Trinajstić information content (AvgIpc) is 2.80. The summed E-state index contributed by atoms with van der Waals surface area (Å²) < 4.78 is 39.4. The lowest BCUT2D eigenvalue weighted by Gasteiger charge is -2.37. The maximum atomic E-state index is 15.0. The van der Waals surface area contributed by atoms with Gasteiger partial charge in [0.15, 0.2) is 6.29 Å². The molecule has 1 saturated heterocycles. The third-order valence-corrected chi connectivity index (χ3v) is 7.67. The summed E-state index contributed by atoms with van der Waals surface area (Å²) in [5.74, 6) is 2.27. The second-order valence-electron chi connectivity index (χ2n) is 9.61. The highest BCUT2D eigenvalue weighted by Crippen LogP contribution is 2.44. The molecule has 4 rings (SSSR count). The second-order valence-corrected chi connectivity index (χ2v) is 9.61. The van der Waals surface area contributed by atoms with Gasteiger partial charge in [-0.25, -0.2) is 4.39 Å². The van der Waals surface area contributed by atoms with Gasteiger partial charge in [0.1, 0.15) is 5.82 Å². The smallest absolute Gasteiger partial charge is 0.183 e. The number of alkyl halides is 1. The van der Waals surface area contributed by atoms with E-state index in [2.05, 4.69) is 6.08 Å². The minimum Gasteiger partial charge on any atom is -0.348 e. The standard InChI is InChI=1S/C26H36F2O2/c1-2-3-19-16-29-26(30-17-19)23-12-13-24(25(28)14-23)22-10-8-21(9-11-22)20-6-4-18(15-27)5-7-20/h2-3,12-14,18-22,26H,4-11,15-17H2,1H3/b3-2+. The van der Waals surface area contributed by atoms with Crippen LogP contribution in [-0.4, -0.2) is 19.9 Å². The number of hydrogen-bond donors (Lipinski definition) is 0. The van der Waals surface area contributed by atoms with E-state index in [9.17, 15) is 8.78 Å². The Balaban J connectivity index is 1.30. The van der Waals surface area contributed by atoms with Crippen molar-refractivity contribution in [3.05, 3.63) is 47.3 Å². The van der Waals surface area contributed by atoms with Gasteiger partial charge in [-0.2, -0.15) is 0 Å². The van der Waals surface area contributed by atoms with E-state index in [1.807, 2.05) is 25.1 Å². The molecule has 3 aliphatic rings. The first-order valence-corrected chi connectivity index (χ1v) is 11.9. The van der Waals surface area contributed by atoms with Gasteiger partial charge in [-0.3, -0.25) is 4.39 Å². The molecule has 0 unspecified atom stereocenters. The predicted molar refractivity (Wildman–Crippen MR) is 115 cm³/mol. The zero-order valence-corrected chi connectivity index (χ0v) is 18.2. The van der Waals surface area contributed by atoms with Gasteiger partial charge in [-0.1, -0.05) is 24.3 Å². The van der Waals surface area contributed by atoms with E-state index in [1.54, 1.807) is 6.07 Å². The fourth-order valence-corrected chi connectivity index (χ4v) is 5.83. The van der Waals surface area contributed by atoms with Crippen LogP contribution < -0.4 is 0 Å². The van der Waals surface area contributed by atoms with Gasteiger partial charge < -0.3 is 9.47 Å². The van der Waals surface area contributed by atoms with Gasteiger partial charge in [0.05, 0.1) is 19.9 Å². The Morgan fingerprint density at radius 3 is 2.13 bits per heavy atom. The highest BCUT2D eigenvalue weighted by molar-refractivity contribution is 5.28. The van der Waals surface area contributed by atoms with Crippen LogP contribution in [-0.2, 0) is 9.47 Å². The van der Waals surface area contributed by atoms with Crippen LogP contribution >= 0.6 is 0 Å². The number of allylic oxidation sites excluding steroid dienone is 1. The SMILES string of the molecule is C/C=C/C1COC(c2ccc(C3CCC(C4CCC(CF)CC4)CC3)c(F)c2)OC1. The summed E-state index contributed by atoms with van der Waals surface area (Å²) in [5, 5.41) is 0. The largest absolute Gasteiger partial charge is 0.348 e. The summed E-state index contributed by atoms with van der Waals surface area (Å²) in [7, 11) is 0.